The number of rotatable bonds is 7. The normalized spacial score (nSPS) is 18.5. The van der Waals surface area contributed by atoms with E-state index in [1.165, 1.54) is 10.7 Å². The van der Waals surface area contributed by atoms with Crippen molar-refractivity contribution in [3.8, 4) is 0 Å². The third-order valence-electron chi connectivity index (χ3n) is 5.67. The number of imidazole rings is 1. The van der Waals surface area contributed by atoms with Crippen LogP contribution in [-0.4, -0.2) is 48.8 Å². The molecule has 7 nitrogen and oxygen atoms in total. The predicted octanol–water partition coefficient (Wildman–Crippen LogP) is 4.48. The van der Waals surface area contributed by atoms with Crippen molar-refractivity contribution in [2.24, 2.45) is 5.92 Å². The van der Waals surface area contributed by atoms with E-state index in [0.29, 0.717) is 16.4 Å². The minimum atomic E-state index is -3.17. The molecule has 1 fully saturated rings. The maximum atomic E-state index is 13.7. The fourth-order valence-electron chi connectivity index (χ4n) is 3.92. The van der Waals surface area contributed by atoms with E-state index in [0.717, 1.165) is 17.1 Å². The number of fused-ring (bicyclic) bond motifs is 1. The quantitative estimate of drug-likeness (QED) is 0.495. The number of nitrogens with one attached hydrogen (secondary N) is 1. The third kappa shape index (κ3) is 5.43. The van der Waals surface area contributed by atoms with Crippen LogP contribution in [0, 0.1) is 5.92 Å². The monoisotopic (exact) mass is 490 g/mol. The number of amides is 1. The molecule has 2 unspecified atom stereocenters. The molecule has 2 atom stereocenters. The predicted molar refractivity (Wildman–Crippen MR) is 108 cm³/mol. The standard InChI is InChI=1S/C20H20ClF5N6O/c21-13-5-16-29-15(10-32(16)28-7-13)17(11-1-3-20(25,26)4-2-11)30-19(33)12-6-27-31(8-12)9-14(22)18(23)24/h5-8,10-11,14,17-18H,1-4,9H2,(H,30,33). The maximum Gasteiger partial charge on any atom is 0.271 e. The van der Waals surface area contributed by atoms with Crippen LogP contribution >= 0.6 is 11.6 Å². The Morgan fingerprint density at radius 1 is 1.18 bits per heavy atom. The fourth-order valence-corrected chi connectivity index (χ4v) is 4.06. The van der Waals surface area contributed by atoms with Gasteiger partial charge in [-0.15, -0.1) is 0 Å². The van der Waals surface area contributed by atoms with Crippen molar-refractivity contribution in [1.82, 2.24) is 29.7 Å². The third-order valence-corrected chi connectivity index (χ3v) is 5.88. The summed E-state index contributed by atoms with van der Waals surface area (Å²) in [4.78, 5) is 17.3. The molecule has 4 rings (SSSR count). The van der Waals surface area contributed by atoms with Crippen LogP contribution in [0.25, 0.3) is 5.65 Å². The van der Waals surface area contributed by atoms with Crippen LogP contribution in [0.4, 0.5) is 22.0 Å². The molecule has 0 saturated heterocycles. The van der Waals surface area contributed by atoms with Gasteiger partial charge in [-0.2, -0.15) is 10.2 Å². The Hall–Kier alpha value is -2.76. The van der Waals surface area contributed by atoms with E-state index < -0.39 is 37.0 Å². The molecule has 3 aromatic heterocycles. The minimum absolute atomic E-state index is 0.0209. The van der Waals surface area contributed by atoms with E-state index in [-0.39, 0.29) is 37.2 Å². The van der Waals surface area contributed by atoms with Gasteiger partial charge in [-0.05, 0) is 18.8 Å². The first-order valence-corrected chi connectivity index (χ1v) is 10.6. The van der Waals surface area contributed by atoms with Crippen molar-refractivity contribution in [1.29, 1.82) is 0 Å². The van der Waals surface area contributed by atoms with Crippen molar-refractivity contribution in [2.45, 2.75) is 56.8 Å². The summed E-state index contributed by atoms with van der Waals surface area (Å²) in [6, 6.07) is 0.860. The van der Waals surface area contributed by atoms with E-state index >= 15 is 0 Å². The van der Waals surface area contributed by atoms with E-state index in [9.17, 15) is 26.7 Å². The molecule has 0 bridgehead atoms. The molecule has 13 heteroatoms. The van der Waals surface area contributed by atoms with Crippen molar-refractivity contribution in [3.63, 3.8) is 0 Å². The average molecular weight is 491 g/mol. The summed E-state index contributed by atoms with van der Waals surface area (Å²) in [5.41, 5.74) is 0.862. The van der Waals surface area contributed by atoms with E-state index in [1.54, 1.807) is 12.3 Å². The topological polar surface area (TPSA) is 77.1 Å². The Morgan fingerprint density at radius 2 is 1.91 bits per heavy atom. The molecule has 0 spiro atoms. The van der Waals surface area contributed by atoms with Crippen LogP contribution < -0.4 is 5.32 Å². The molecule has 3 aromatic rings. The van der Waals surface area contributed by atoms with Gasteiger partial charge < -0.3 is 5.32 Å². The van der Waals surface area contributed by atoms with Gasteiger partial charge >= 0.3 is 0 Å². The molecule has 0 aromatic carbocycles. The van der Waals surface area contributed by atoms with Gasteiger partial charge in [0.05, 0.1) is 47.5 Å². The maximum absolute atomic E-state index is 13.7. The van der Waals surface area contributed by atoms with E-state index in [2.05, 4.69) is 20.5 Å². The summed E-state index contributed by atoms with van der Waals surface area (Å²) in [7, 11) is 0. The lowest BCUT2D eigenvalue weighted by Crippen LogP contribution is -2.37. The first kappa shape index (κ1) is 23.4. The van der Waals surface area contributed by atoms with Gasteiger partial charge in [0.25, 0.3) is 12.3 Å². The van der Waals surface area contributed by atoms with Gasteiger partial charge in [0, 0.05) is 25.1 Å². The SMILES string of the molecule is O=C(NC(c1cn2ncc(Cl)cc2n1)C1CCC(F)(F)CC1)c1cnn(CC(F)C(F)F)c1. The highest BCUT2D eigenvalue weighted by Gasteiger charge is 2.39. The molecule has 0 radical (unpaired) electrons. The van der Waals surface area contributed by atoms with Crippen molar-refractivity contribution >= 4 is 23.2 Å². The van der Waals surface area contributed by atoms with Gasteiger partial charge in [0.15, 0.2) is 11.8 Å². The zero-order valence-corrected chi connectivity index (χ0v) is 17.9. The molecule has 1 amide bonds. The molecule has 1 saturated carbocycles. The zero-order valence-electron chi connectivity index (χ0n) is 17.1. The number of carbonyl (C=O) groups excluding carboxylic acids is 1. The van der Waals surface area contributed by atoms with Gasteiger partial charge in [0.2, 0.25) is 5.92 Å². The van der Waals surface area contributed by atoms with Crippen molar-refractivity contribution in [2.75, 3.05) is 0 Å². The molecule has 3 heterocycles. The van der Waals surface area contributed by atoms with E-state index in [1.807, 2.05) is 0 Å². The van der Waals surface area contributed by atoms with Crippen LogP contribution in [0.5, 0.6) is 0 Å². The van der Waals surface area contributed by atoms with Crippen LogP contribution in [0.2, 0.25) is 5.02 Å². The van der Waals surface area contributed by atoms with Crippen molar-refractivity contribution in [3.05, 3.63) is 47.1 Å². The number of alkyl halides is 5. The van der Waals surface area contributed by atoms with Gasteiger partial charge in [-0.25, -0.2) is 31.5 Å². The van der Waals surface area contributed by atoms with Crippen LogP contribution in [-0.2, 0) is 6.54 Å². The fraction of sp³-hybridized carbons (Fsp3) is 0.500. The lowest BCUT2D eigenvalue weighted by Gasteiger charge is -2.33. The Balaban J connectivity index is 1.57. The second-order valence-electron chi connectivity index (χ2n) is 8.09. The largest absolute Gasteiger partial charge is 0.343 e. The summed E-state index contributed by atoms with van der Waals surface area (Å²) in [6.07, 6.45) is -0.604. The average Bonchev–Trinajstić information content (AvgIpc) is 3.38. The Morgan fingerprint density at radius 3 is 2.61 bits per heavy atom. The zero-order chi connectivity index (χ0) is 23.8. The first-order chi connectivity index (χ1) is 15.6. The van der Waals surface area contributed by atoms with E-state index in [4.69, 9.17) is 11.6 Å². The lowest BCUT2D eigenvalue weighted by atomic mass is 9.81. The van der Waals surface area contributed by atoms with Crippen LogP contribution in [0.1, 0.15) is 47.8 Å². The molecule has 1 aliphatic rings. The minimum Gasteiger partial charge on any atom is -0.343 e. The smallest absolute Gasteiger partial charge is 0.271 e. The highest BCUT2D eigenvalue weighted by Crippen LogP contribution is 2.41. The number of nitrogens with zero attached hydrogens (tertiary/aromatic N) is 5. The summed E-state index contributed by atoms with van der Waals surface area (Å²) in [6.45, 7) is -0.703. The number of halogens is 6. The molecule has 178 valence electrons. The first-order valence-electron chi connectivity index (χ1n) is 10.3. The number of carbonyl (C=O) groups is 1. The summed E-state index contributed by atoms with van der Waals surface area (Å²) < 4.78 is 68.0. The molecule has 1 N–H and O–H groups in total. The Bertz CT molecular complexity index is 1130. The van der Waals surface area contributed by atoms with Gasteiger partial charge in [-0.3, -0.25) is 9.48 Å². The second kappa shape index (κ2) is 9.24. The second-order valence-corrected chi connectivity index (χ2v) is 8.52. The lowest BCUT2D eigenvalue weighted by molar-refractivity contribution is -0.0495. The molecule has 0 aliphatic heterocycles. The summed E-state index contributed by atoms with van der Waals surface area (Å²) in [5.74, 6) is -3.69. The Labute approximate surface area is 189 Å². The van der Waals surface area contributed by atoms with Crippen LogP contribution in [0.3, 0.4) is 0 Å². The molecular formula is C20H20ClF5N6O. The Kier molecular flexibility index (Phi) is 6.55. The number of aromatic nitrogens is 5. The van der Waals surface area contributed by atoms with Crippen LogP contribution in [0.15, 0.2) is 30.9 Å². The summed E-state index contributed by atoms with van der Waals surface area (Å²) >= 11 is 5.96. The van der Waals surface area contributed by atoms with Gasteiger partial charge in [0.1, 0.15) is 0 Å². The van der Waals surface area contributed by atoms with Gasteiger partial charge in [-0.1, -0.05) is 11.6 Å². The summed E-state index contributed by atoms with van der Waals surface area (Å²) in [5, 5.41) is 11.0. The molecule has 33 heavy (non-hydrogen) atoms. The number of hydrogen-bond donors (Lipinski definition) is 1. The molecule has 1 aliphatic carbocycles. The molecular weight excluding hydrogens is 471 g/mol. The van der Waals surface area contributed by atoms with Crippen molar-refractivity contribution < 1.29 is 26.7 Å². The number of hydrogen-bond acceptors (Lipinski definition) is 4. The highest BCUT2D eigenvalue weighted by molar-refractivity contribution is 6.30. The highest BCUT2D eigenvalue weighted by atomic mass is 35.5.